The van der Waals surface area contributed by atoms with Gasteiger partial charge < -0.3 is 5.73 Å². The lowest BCUT2D eigenvalue weighted by Gasteiger charge is -2.10. The van der Waals surface area contributed by atoms with Crippen molar-refractivity contribution in [3.63, 3.8) is 0 Å². The van der Waals surface area contributed by atoms with Crippen molar-refractivity contribution in [1.29, 1.82) is 0 Å². The Kier molecular flexibility index (Phi) is 3.95. The number of thiophene rings is 1. The molecule has 0 amide bonds. The molecule has 8 heteroatoms. The number of halogens is 1. The Labute approximate surface area is 110 Å². The van der Waals surface area contributed by atoms with Crippen LogP contribution >= 0.6 is 39.0 Å². The van der Waals surface area contributed by atoms with Crippen LogP contribution in [-0.2, 0) is 7.05 Å². The molecule has 16 heavy (non-hydrogen) atoms. The van der Waals surface area contributed by atoms with E-state index in [1.165, 1.54) is 4.88 Å². The summed E-state index contributed by atoms with van der Waals surface area (Å²) in [6.07, 6.45) is 0. The summed E-state index contributed by atoms with van der Waals surface area (Å²) < 4.78 is 2.76. The average molecular weight is 320 g/mol. The fourth-order valence-corrected chi connectivity index (χ4v) is 3.70. The van der Waals surface area contributed by atoms with E-state index < -0.39 is 0 Å². The molecule has 2 aromatic heterocycles. The number of hydrogen-bond donors (Lipinski definition) is 1. The number of hydrogen-bond acceptors (Lipinski definition) is 6. The Bertz CT molecular complexity index is 468. The van der Waals surface area contributed by atoms with E-state index in [9.17, 15) is 0 Å². The van der Waals surface area contributed by atoms with Crippen LogP contribution < -0.4 is 5.73 Å². The highest BCUT2D eigenvalue weighted by Crippen LogP contribution is 2.37. The van der Waals surface area contributed by atoms with E-state index in [1.807, 2.05) is 13.1 Å². The van der Waals surface area contributed by atoms with Gasteiger partial charge in [0.1, 0.15) is 0 Å². The third-order valence-electron chi connectivity index (χ3n) is 1.95. The summed E-state index contributed by atoms with van der Waals surface area (Å²) in [5, 5.41) is 12.3. The summed E-state index contributed by atoms with van der Waals surface area (Å²) in [7, 11) is 1.82. The van der Waals surface area contributed by atoms with Gasteiger partial charge in [0.25, 0.3) is 0 Å². The Balaban J connectivity index is 2.15. The van der Waals surface area contributed by atoms with Crippen LogP contribution in [0.5, 0.6) is 0 Å². The van der Waals surface area contributed by atoms with Crippen LogP contribution in [0.25, 0.3) is 0 Å². The minimum absolute atomic E-state index is 0.195. The predicted octanol–water partition coefficient (Wildman–Crippen LogP) is 1.83. The molecule has 5 nitrogen and oxygen atoms in total. The number of thioether (sulfide) groups is 1. The monoisotopic (exact) mass is 319 g/mol. The molecule has 2 aromatic rings. The van der Waals surface area contributed by atoms with Gasteiger partial charge in [-0.05, 0) is 38.5 Å². The summed E-state index contributed by atoms with van der Waals surface area (Å²) >= 11 is 6.71. The van der Waals surface area contributed by atoms with Gasteiger partial charge in [0, 0.05) is 18.5 Å². The zero-order valence-electron chi connectivity index (χ0n) is 8.50. The lowest BCUT2D eigenvalue weighted by Crippen LogP contribution is -2.09. The van der Waals surface area contributed by atoms with Crippen molar-refractivity contribution in [2.75, 3.05) is 6.54 Å². The molecule has 2 heterocycles. The molecule has 0 aliphatic heterocycles. The third-order valence-corrected chi connectivity index (χ3v) is 5.13. The van der Waals surface area contributed by atoms with E-state index in [4.69, 9.17) is 5.73 Å². The van der Waals surface area contributed by atoms with Crippen LogP contribution in [0.2, 0.25) is 0 Å². The number of aryl methyl sites for hydroxylation is 1. The van der Waals surface area contributed by atoms with Gasteiger partial charge in [0.05, 0.1) is 9.04 Å². The summed E-state index contributed by atoms with van der Waals surface area (Å²) in [5.41, 5.74) is 5.77. The molecule has 1 atom stereocenters. The van der Waals surface area contributed by atoms with Crippen molar-refractivity contribution in [2.24, 2.45) is 12.8 Å². The van der Waals surface area contributed by atoms with E-state index in [1.54, 1.807) is 27.8 Å². The highest BCUT2D eigenvalue weighted by molar-refractivity contribution is 9.11. The first kappa shape index (κ1) is 12.0. The summed E-state index contributed by atoms with van der Waals surface area (Å²) in [6.45, 7) is 0.560. The van der Waals surface area contributed by atoms with Gasteiger partial charge in [0.2, 0.25) is 5.16 Å². The van der Waals surface area contributed by atoms with Crippen molar-refractivity contribution in [3.05, 3.63) is 20.8 Å². The highest BCUT2D eigenvalue weighted by Gasteiger charge is 2.16. The summed E-state index contributed by atoms with van der Waals surface area (Å²) in [6, 6.07) is 4.10. The molecular formula is C8H10BrN5S2. The number of nitrogens with two attached hydrogens (primary N) is 1. The van der Waals surface area contributed by atoms with Crippen LogP contribution in [-0.4, -0.2) is 26.8 Å². The van der Waals surface area contributed by atoms with E-state index in [0.717, 1.165) is 8.94 Å². The van der Waals surface area contributed by atoms with Crippen LogP contribution in [0, 0.1) is 0 Å². The fourth-order valence-electron chi connectivity index (χ4n) is 1.17. The molecule has 0 spiro atoms. The van der Waals surface area contributed by atoms with Crippen molar-refractivity contribution < 1.29 is 0 Å². The quantitative estimate of drug-likeness (QED) is 0.870. The highest BCUT2D eigenvalue weighted by atomic mass is 79.9. The molecule has 0 aliphatic carbocycles. The molecule has 0 saturated carbocycles. The Morgan fingerprint density at radius 1 is 1.62 bits per heavy atom. The molecule has 0 aromatic carbocycles. The molecule has 0 bridgehead atoms. The second-order valence-corrected chi connectivity index (χ2v) is 6.73. The van der Waals surface area contributed by atoms with Crippen molar-refractivity contribution in [2.45, 2.75) is 10.4 Å². The zero-order valence-corrected chi connectivity index (χ0v) is 11.7. The molecule has 86 valence electrons. The first-order valence-electron chi connectivity index (χ1n) is 4.55. The third kappa shape index (κ3) is 2.62. The van der Waals surface area contributed by atoms with E-state index in [0.29, 0.717) is 6.54 Å². The lowest BCUT2D eigenvalue weighted by molar-refractivity contribution is 0.663. The number of rotatable bonds is 4. The molecule has 0 fully saturated rings. The lowest BCUT2D eigenvalue weighted by atomic mass is 10.3. The number of aromatic nitrogens is 4. The smallest absolute Gasteiger partial charge is 0.209 e. The zero-order chi connectivity index (χ0) is 11.5. The van der Waals surface area contributed by atoms with E-state index in [-0.39, 0.29) is 5.25 Å². The van der Waals surface area contributed by atoms with Crippen LogP contribution in [0.3, 0.4) is 0 Å². The minimum atomic E-state index is 0.195. The molecule has 2 N–H and O–H groups in total. The topological polar surface area (TPSA) is 69.6 Å². The van der Waals surface area contributed by atoms with Gasteiger partial charge in [-0.2, -0.15) is 0 Å². The fraction of sp³-hybridized carbons (Fsp3) is 0.375. The van der Waals surface area contributed by atoms with Crippen molar-refractivity contribution in [3.8, 4) is 0 Å². The largest absolute Gasteiger partial charge is 0.329 e. The maximum absolute atomic E-state index is 5.77. The average Bonchev–Trinajstić information content (AvgIpc) is 2.85. The van der Waals surface area contributed by atoms with Gasteiger partial charge in [-0.25, -0.2) is 4.68 Å². The SMILES string of the molecule is Cn1nnnc1SC(CN)c1ccc(Br)s1. The van der Waals surface area contributed by atoms with E-state index in [2.05, 4.69) is 37.5 Å². The second kappa shape index (κ2) is 5.26. The molecule has 0 saturated heterocycles. The summed E-state index contributed by atoms with van der Waals surface area (Å²) in [4.78, 5) is 1.22. The predicted molar refractivity (Wildman–Crippen MR) is 68.5 cm³/mol. The maximum Gasteiger partial charge on any atom is 0.209 e. The van der Waals surface area contributed by atoms with Gasteiger partial charge in [-0.15, -0.1) is 16.4 Å². The number of nitrogens with zero attached hydrogens (tertiary/aromatic N) is 4. The van der Waals surface area contributed by atoms with E-state index >= 15 is 0 Å². The normalized spacial score (nSPS) is 12.9. The molecule has 0 aliphatic rings. The first-order chi connectivity index (χ1) is 7.70. The second-order valence-electron chi connectivity index (χ2n) is 3.07. The van der Waals surface area contributed by atoms with Gasteiger partial charge in [-0.1, -0.05) is 11.8 Å². The Hall–Kier alpha value is -0.440. The van der Waals surface area contributed by atoms with Crippen molar-refractivity contribution in [1.82, 2.24) is 20.2 Å². The maximum atomic E-state index is 5.77. The molecular weight excluding hydrogens is 310 g/mol. The number of tetrazole rings is 1. The molecule has 2 rings (SSSR count). The minimum Gasteiger partial charge on any atom is -0.329 e. The van der Waals surface area contributed by atoms with Crippen LogP contribution in [0.1, 0.15) is 10.1 Å². The molecule has 1 unspecified atom stereocenters. The van der Waals surface area contributed by atoms with Gasteiger partial charge in [-0.3, -0.25) is 0 Å². The van der Waals surface area contributed by atoms with Crippen molar-refractivity contribution >= 4 is 39.0 Å². The molecule has 0 radical (unpaired) electrons. The van der Waals surface area contributed by atoms with Crippen LogP contribution in [0.4, 0.5) is 0 Å². The standard InChI is InChI=1S/C8H10BrN5S2/c1-14-8(11-12-13-14)16-6(4-10)5-2-3-7(9)15-5/h2-3,6H,4,10H2,1H3. The summed E-state index contributed by atoms with van der Waals surface area (Å²) in [5.74, 6) is 0. The van der Waals surface area contributed by atoms with Crippen LogP contribution in [0.15, 0.2) is 21.1 Å². The Morgan fingerprint density at radius 3 is 2.94 bits per heavy atom. The first-order valence-corrected chi connectivity index (χ1v) is 7.04. The van der Waals surface area contributed by atoms with Gasteiger partial charge in [0.15, 0.2) is 0 Å². The van der Waals surface area contributed by atoms with Gasteiger partial charge >= 0.3 is 0 Å². The Morgan fingerprint density at radius 2 is 2.44 bits per heavy atom.